The quantitative estimate of drug-likeness (QED) is 0.656. The zero-order valence-electron chi connectivity index (χ0n) is 10.5. The molecule has 1 aromatic carbocycles. The molecule has 18 heavy (non-hydrogen) atoms. The summed E-state index contributed by atoms with van der Waals surface area (Å²) in [6.07, 6.45) is 2.25. The van der Waals surface area contributed by atoms with E-state index in [2.05, 4.69) is 48.1 Å². The lowest BCUT2D eigenvalue weighted by atomic mass is 9.91. The van der Waals surface area contributed by atoms with Gasteiger partial charge in [0, 0.05) is 4.88 Å². The van der Waals surface area contributed by atoms with Crippen LogP contribution in [0.25, 0.3) is 0 Å². The first-order valence-corrected chi connectivity index (χ1v) is 7.24. The molecule has 3 rings (SSSR count). The Labute approximate surface area is 112 Å². The van der Waals surface area contributed by atoms with Crippen molar-refractivity contribution in [3.63, 3.8) is 0 Å². The first-order valence-electron chi connectivity index (χ1n) is 6.36. The fourth-order valence-electron chi connectivity index (χ4n) is 3.03. The van der Waals surface area contributed by atoms with E-state index in [9.17, 15) is 0 Å². The van der Waals surface area contributed by atoms with Crippen LogP contribution in [-0.2, 0) is 12.8 Å². The van der Waals surface area contributed by atoms with E-state index in [0.717, 1.165) is 12.8 Å². The number of rotatable bonds is 3. The van der Waals surface area contributed by atoms with Crippen LogP contribution in [0.4, 0.5) is 0 Å². The minimum atomic E-state index is 0.267. The lowest BCUT2D eigenvalue weighted by molar-refractivity contribution is 0.379. The van der Waals surface area contributed by atoms with Gasteiger partial charge in [-0.2, -0.15) is 0 Å². The number of aryl methyl sites for hydroxylation is 1. The van der Waals surface area contributed by atoms with Crippen molar-refractivity contribution >= 4 is 11.3 Å². The van der Waals surface area contributed by atoms with Gasteiger partial charge < -0.3 is 0 Å². The van der Waals surface area contributed by atoms with Crippen LogP contribution >= 0.6 is 11.3 Å². The molecule has 94 valence electrons. The van der Waals surface area contributed by atoms with Gasteiger partial charge in [0.25, 0.3) is 0 Å². The maximum absolute atomic E-state index is 5.80. The first-order chi connectivity index (χ1) is 8.79. The van der Waals surface area contributed by atoms with E-state index in [-0.39, 0.29) is 6.04 Å². The average molecular weight is 258 g/mol. The molecule has 3 N–H and O–H groups in total. The van der Waals surface area contributed by atoms with Gasteiger partial charge in [0.15, 0.2) is 0 Å². The zero-order valence-corrected chi connectivity index (χ0v) is 11.3. The molecule has 1 aliphatic rings. The van der Waals surface area contributed by atoms with E-state index in [1.54, 1.807) is 11.3 Å². The molecule has 0 amide bonds. The summed E-state index contributed by atoms with van der Waals surface area (Å²) in [6.45, 7) is 2.17. The van der Waals surface area contributed by atoms with E-state index in [1.807, 2.05) is 0 Å². The van der Waals surface area contributed by atoms with Crippen LogP contribution in [0.2, 0.25) is 0 Å². The van der Waals surface area contributed by atoms with Gasteiger partial charge in [-0.3, -0.25) is 11.3 Å². The molecule has 2 nitrogen and oxygen atoms in total. The van der Waals surface area contributed by atoms with Gasteiger partial charge in [-0.25, -0.2) is 0 Å². The fourth-order valence-corrected chi connectivity index (χ4v) is 3.78. The molecule has 3 heteroatoms. The molecule has 1 atom stereocenters. The highest BCUT2D eigenvalue weighted by atomic mass is 32.1. The van der Waals surface area contributed by atoms with Crippen molar-refractivity contribution in [2.24, 2.45) is 11.8 Å². The second kappa shape index (κ2) is 4.84. The number of nitrogens with two attached hydrogens (primary N) is 1. The van der Waals surface area contributed by atoms with Crippen LogP contribution in [0.15, 0.2) is 35.7 Å². The minimum Gasteiger partial charge on any atom is -0.271 e. The molecule has 0 fully saturated rings. The predicted molar refractivity (Wildman–Crippen MR) is 76.5 cm³/mol. The fraction of sp³-hybridized carbons (Fsp3) is 0.333. The van der Waals surface area contributed by atoms with Gasteiger partial charge in [-0.1, -0.05) is 24.3 Å². The Bertz CT molecular complexity index is 522. The summed E-state index contributed by atoms with van der Waals surface area (Å²) in [5.74, 6) is 6.37. The lowest BCUT2D eigenvalue weighted by Gasteiger charge is -2.22. The van der Waals surface area contributed by atoms with Gasteiger partial charge in [0.05, 0.1) is 6.04 Å². The average Bonchev–Trinajstić information content (AvgIpc) is 2.97. The molecular formula is C15H18N2S. The van der Waals surface area contributed by atoms with E-state index in [0.29, 0.717) is 5.92 Å². The molecular weight excluding hydrogens is 240 g/mol. The summed E-state index contributed by atoms with van der Waals surface area (Å²) in [5, 5.41) is 2.15. The van der Waals surface area contributed by atoms with Gasteiger partial charge in [0.2, 0.25) is 0 Å². The van der Waals surface area contributed by atoms with Crippen molar-refractivity contribution in [2.75, 3.05) is 0 Å². The predicted octanol–water partition coefficient (Wildman–Crippen LogP) is 2.98. The maximum Gasteiger partial charge on any atom is 0.0505 e. The van der Waals surface area contributed by atoms with Crippen molar-refractivity contribution in [1.82, 2.24) is 5.43 Å². The number of hydrogen-bond acceptors (Lipinski definition) is 3. The smallest absolute Gasteiger partial charge is 0.0505 e. The number of fused-ring (bicyclic) bond motifs is 1. The zero-order chi connectivity index (χ0) is 12.5. The Morgan fingerprint density at radius 1 is 1.22 bits per heavy atom. The number of hydrogen-bond donors (Lipinski definition) is 2. The van der Waals surface area contributed by atoms with Crippen molar-refractivity contribution in [3.8, 4) is 0 Å². The highest BCUT2D eigenvalue weighted by Crippen LogP contribution is 2.36. The summed E-state index contributed by atoms with van der Waals surface area (Å²) in [4.78, 5) is 1.37. The van der Waals surface area contributed by atoms with Gasteiger partial charge >= 0.3 is 0 Å². The highest BCUT2D eigenvalue weighted by Gasteiger charge is 2.29. The van der Waals surface area contributed by atoms with Crippen molar-refractivity contribution in [3.05, 3.63) is 57.3 Å². The number of thiophene rings is 1. The molecule has 0 radical (unpaired) electrons. The molecule has 0 aliphatic heterocycles. The van der Waals surface area contributed by atoms with Crippen molar-refractivity contribution in [2.45, 2.75) is 25.8 Å². The Kier molecular flexibility index (Phi) is 3.20. The summed E-state index contributed by atoms with van der Waals surface area (Å²) in [7, 11) is 0. The van der Waals surface area contributed by atoms with E-state index >= 15 is 0 Å². The van der Waals surface area contributed by atoms with E-state index < -0.39 is 0 Å². The Hall–Kier alpha value is -1.16. The standard InChI is InChI=1S/C15H18N2S/c1-10-14(6-7-18-10)15(17-16)13-8-11-4-2-3-5-12(11)9-13/h2-7,13,15,17H,8-9,16H2,1H3. The van der Waals surface area contributed by atoms with Crippen LogP contribution in [0, 0.1) is 12.8 Å². The van der Waals surface area contributed by atoms with E-state index in [1.165, 1.54) is 21.6 Å². The maximum atomic E-state index is 5.80. The van der Waals surface area contributed by atoms with Gasteiger partial charge in [-0.15, -0.1) is 11.3 Å². The summed E-state index contributed by atoms with van der Waals surface area (Å²) in [5.41, 5.74) is 7.35. The number of benzene rings is 1. The summed E-state index contributed by atoms with van der Waals surface area (Å²) >= 11 is 1.80. The molecule has 1 unspecified atom stereocenters. The van der Waals surface area contributed by atoms with Crippen LogP contribution < -0.4 is 11.3 Å². The molecule has 0 saturated heterocycles. The van der Waals surface area contributed by atoms with Crippen molar-refractivity contribution < 1.29 is 0 Å². The Morgan fingerprint density at radius 2 is 1.89 bits per heavy atom. The Morgan fingerprint density at radius 3 is 2.39 bits per heavy atom. The first kappa shape index (κ1) is 11.9. The minimum absolute atomic E-state index is 0.267. The molecule has 0 spiro atoms. The molecule has 1 aromatic heterocycles. The van der Waals surface area contributed by atoms with Crippen LogP contribution in [0.3, 0.4) is 0 Å². The second-order valence-corrected chi connectivity index (χ2v) is 6.13. The monoisotopic (exact) mass is 258 g/mol. The van der Waals surface area contributed by atoms with Crippen LogP contribution in [0.1, 0.15) is 27.6 Å². The van der Waals surface area contributed by atoms with Gasteiger partial charge in [-0.05, 0) is 53.8 Å². The largest absolute Gasteiger partial charge is 0.271 e. The van der Waals surface area contributed by atoms with Crippen LogP contribution in [0.5, 0.6) is 0 Å². The SMILES string of the molecule is Cc1sccc1C(NN)C1Cc2ccccc2C1. The third-order valence-corrected chi connectivity index (χ3v) is 4.83. The molecule has 0 bridgehead atoms. The Balaban J connectivity index is 1.86. The third kappa shape index (κ3) is 1.99. The highest BCUT2D eigenvalue weighted by molar-refractivity contribution is 7.10. The second-order valence-electron chi connectivity index (χ2n) is 5.01. The molecule has 1 heterocycles. The topological polar surface area (TPSA) is 38.0 Å². The normalized spacial score (nSPS) is 16.8. The number of hydrazine groups is 1. The van der Waals surface area contributed by atoms with Crippen LogP contribution in [-0.4, -0.2) is 0 Å². The van der Waals surface area contributed by atoms with E-state index in [4.69, 9.17) is 5.84 Å². The molecule has 0 saturated carbocycles. The van der Waals surface area contributed by atoms with Gasteiger partial charge in [0.1, 0.15) is 0 Å². The molecule has 2 aromatic rings. The van der Waals surface area contributed by atoms with Crippen molar-refractivity contribution in [1.29, 1.82) is 0 Å². The molecule has 1 aliphatic carbocycles. The number of nitrogens with one attached hydrogen (secondary N) is 1. The third-order valence-electron chi connectivity index (χ3n) is 3.97. The summed E-state index contributed by atoms with van der Waals surface area (Å²) in [6, 6.07) is 11.2. The lowest BCUT2D eigenvalue weighted by Crippen LogP contribution is -2.34. The summed E-state index contributed by atoms with van der Waals surface area (Å²) < 4.78 is 0.